The normalized spacial score (nSPS) is 9.42. The molecule has 3 heteroatoms. The van der Waals surface area contributed by atoms with E-state index in [1.165, 1.54) is 11.1 Å². The van der Waals surface area contributed by atoms with Gasteiger partial charge in [0.1, 0.15) is 5.75 Å². The summed E-state index contributed by atoms with van der Waals surface area (Å²) in [6.07, 6.45) is 1.07. The quantitative estimate of drug-likeness (QED) is 0.800. The molecule has 102 valence electrons. The van der Waals surface area contributed by atoms with E-state index in [-0.39, 0.29) is 0 Å². The van der Waals surface area contributed by atoms with Crippen LogP contribution in [0.3, 0.4) is 0 Å². The Kier molecular flexibility index (Phi) is 8.26. The molecule has 0 saturated heterocycles. The molecule has 0 N–H and O–H groups in total. The summed E-state index contributed by atoms with van der Waals surface area (Å²) in [4.78, 5) is 0. The highest BCUT2D eigenvalue weighted by atomic mass is 32.1. The summed E-state index contributed by atoms with van der Waals surface area (Å²) >= 11 is 8.26. The Morgan fingerprint density at radius 3 is 1.95 bits per heavy atom. The molecule has 0 aromatic heterocycles. The standard InChI is InChI=1S/C8H10OS.C8H10S/c1-9-8-4-2-7(6-10)3-5-8;9-7-6-8-4-2-1-3-5-8/h2-5,10H,6H2,1H3;1-5,9H,6-7H2. The molecule has 2 rings (SSSR count). The van der Waals surface area contributed by atoms with Crippen LogP contribution in [0.1, 0.15) is 11.1 Å². The van der Waals surface area contributed by atoms with Crippen molar-refractivity contribution in [2.24, 2.45) is 0 Å². The maximum Gasteiger partial charge on any atom is 0.118 e. The third-order valence-electron chi connectivity index (χ3n) is 2.58. The van der Waals surface area contributed by atoms with Gasteiger partial charge in [0.2, 0.25) is 0 Å². The van der Waals surface area contributed by atoms with E-state index in [1.807, 2.05) is 30.3 Å². The summed E-state index contributed by atoms with van der Waals surface area (Å²) < 4.78 is 4.99. The van der Waals surface area contributed by atoms with E-state index in [1.54, 1.807) is 7.11 Å². The minimum absolute atomic E-state index is 0.782. The molecule has 0 radical (unpaired) electrons. The molecule has 2 aromatic carbocycles. The first-order chi connectivity index (χ1) is 9.30. The predicted octanol–water partition coefficient (Wildman–Crippen LogP) is 4.28. The summed E-state index contributed by atoms with van der Waals surface area (Å²) in [5, 5.41) is 0. The summed E-state index contributed by atoms with van der Waals surface area (Å²) in [6, 6.07) is 18.3. The van der Waals surface area contributed by atoms with Crippen molar-refractivity contribution in [1.29, 1.82) is 0 Å². The SMILES string of the molecule is COc1ccc(CS)cc1.SCCc1ccccc1. The number of hydrogen-bond acceptors (Lipinski definition) is 3. The summed E-state index contributed by atoms with van der Waals surface area (Å²) in [6.45, 7) is 0. The van der Waals surface area contributed by atoms with Gasteiger partial charge in [-0.15, -0.1) is 0 Å². The van der Waals surface area contributed by atoms with E-state index < -0.39 is 0 Å². The van der Waals surface area contributed by atoms with E-state index in [2.05, 4.69) is 49.5 Å². The number of methoxy groups -OCH3 is 1. The molecule has 0 atom stereocenters. The Morgan fingerprint density at radius 2 is 1.47 bits per heavy atom. The number of benzene rings is 2. The summed E-state index contributed by atoms with van der Waals surface area (Å²) in [5.41, 5.74) is 2.58. The van der Waals surface area contributed by atoms with Crippen molar-refractivity contribution in [3.63, 3.8) is 0 Å². The minimum atomic E-state index is 0.782. The second-order valence-corrected chi connectivity index (χ2v) is 4.73. The number of rotatable bonds is 4. The van der Waals surface area contributed by atoms with Crippen LogP contribution in [0.25, 0.3) is 0 Å². The molecule has 2 aromatic rings. The van der Waals surface area contributed by atoms with Gasteiger partial charge in [0.05, 0.1) is 7.11 Å². The maximum atomic E-state index is 4.99. The lowest BCUT2D eigenvalue weighted by atomic mass is 10.2. The molecule has 0 amide bonds. The van der Waals surface area contributed by atoms with Crippen LogP contribution in [0.5, 0.6) is 5.75 Å². The average molecular weight is 292 g/mol. The summed E-state index contributed by atoms with van der Waals surface area (Å²) in [7, 11) is 1.66. The molecule has 1 nitrogen and oxygen atoms in total. The number of thiol groups is 2. The van der Waals surface area contributed by atoms with Crippen molar-refractivity contribution in [1.82, 2.24) is 0 Å². The van der Waals surface area contributed by atoms with Crippen LogP contribution in [0.2, 0.25) is 0 Å². The molecule has 0 unspecified atom stereocenters. The van der Waals surface area contributed by atoms with Crippen LogP contribution >= 0.6 is 25.3 Å². The molecule has 0 saturated carbocycles. The van der Waals surface area contributed by atoms with Gasteiger partial charge in [-0.3, -0.25) is 0 Å². The van der Waals surface area contributed by atoms with Crippen LogP contribution in [0.4, 0.5) is 0 Å². The lowest BCUT2D eigenvalue weighted by Crippen LogP contribution is -1.82. The number of ether oxygens (including phenoxy) is 1. The third kappa shape index (κ3) is 6.60. The van der Waals surface area contributed by atoms with Gasteiger partial charge >= 0.3 is 0 Å². The fourth-order valence-electron chi connectivity index (χ4n) is 1.50. The molecular formula is C16H20OS2. The summed E-state index contributed by atoms with van der Waals surface area (Å²) in [5.74, 6) is 2.61. The van der Waals surface area contributed by atoms with E-state index in [0.717, 1.165) is 23.7 Å². The first-order valence-electron chi connectivity index (χ1n) is 6.18. The lowest BCUT2D eigenvalue weighted by molar-refractivity contribution is 0.414. The third-order valence-corrected chi connectivity index (χ3v) is 3.17. The first-order valence-corrected chi connectivity index (χ1v) is 7.45. The fraction of sp³-hybridized carbons (Fsp3) is 0.250. The Labute approximate surface area is 126 Å². The predicted molar refractivity (Wildman–Crippen MR) is 89.7 cm³/mol. The van der Waals surface area contributed by atoms with E-state index in [9.17, 15) is 0 Å². The van der Waals surface area contributed by atoms with Gasteiger partial charge in [-0.25, -0.2) is 0 Å². The molecule has 0 bridgehead atoms. The van der Waals surface area contributed by atoms with E-state index in [0.29, 0.717) is 0 Å². The van der Waals surface area contributed by atoms with Crippen molar-refractivity contribution < 1.29 is 4.74 Å². The average Bonchev–Trinajstić information content (AvgIpc) is 2.49. The Morgan fingerprint density at radius 1 is 0.842 bits per heavy atom. The Bertz CT molecular complexity index is 417. The van der Waals surface area contributed by atoms with Crippen LogP contribution in [0.15, 0.2) is 54.6 Å². The minimum Gasteiger partial charge on any atom is -0.497 e. The fourth-order valence-corrected chi connectivity index (χ4v) is 1.97. The van der Waals surface area contributed by atoms with Crippen LogP contribution in [-0.4, -0.2) is 12.9 Å². The number of aryl methyl sites for hydroxylation is 1. The van der Waals surface area contributed by atoms with Crippen molar-refractivity contribution >= 4 is 25.3 Å². The lowest BCUT2D eigenvalue weighted by Gasteiger charge is -1.99. The zero-order valence-corrected chi connectivity index (χ0v) is 12.9. The molecule has 0 aliphatic heterocycles. The van der Waals surface area contributed by atoms with Gasteiger partial charge in [0.25, 0.3) is 0 Å². The second-order valence-electron chi connectivity index (χ2n) is 3.97. The van der Waals surface area contributed by atoms with E-state index in [4.69, 9.17) is 4.74 Å². The van der Waals surface area contributed by atoms with Gasteiger partial charge in [0.15, 0.2) is 0 Å². The smallest absolute Gasteiger partial charge is 0.118 e. The topological polar surface area (TPSA) is 9.23 Å². The molecule has 19 heavy (non-hydrogen) atoms. The zero-order valence-electron chi connectivity index (χ0n) is 11.1. The van der Waals surface area contributed by atoms with Gasteiger partial charge < -0.3 is 4.74 Å². The first kappa shape index (κ1) is 16.0. The largest absolute Gasteiger partial charge is 0.497 e. The molecule has 0 spiro atoms. The van der Waals surface area contributed by atoms with Gasteiger partial charge in [-0.1, -0.05) is 42.5 Å². The Hall–Kier alpha value is -1.06. The Balaban J connectivity index is 0.000000191. The molecule has 0 heterocycles. The molecule has 0 aliphatic carbocycles. The van der Waals surface area contributed by atoms with Gasteiger partial charge in [-0.05, 0) is 35.4 Å². The monoisotopic (exact) mass is 292 g/mol. The van der Waals surface area contributed by atoms with Crippen molar-refractivity contribution in [3.05, 3.63) is 65.7 Å². The number of hydrogen-bond donors (Lipinski definition) is 2. The van der Waals surface area contributed by atoms with Crippen molar-refractivity contribution in [2.75, 3.05) is 12.9 Å². The van der Waals surface area contributed by atoms with Crippen molar-refractivity contribution in [3.8, 4) is 5.75 Å². The maximum absolute atomic E-state index is 4.99. The van der Waals surface area contributed by atoms with Crippen LogP contribution in [-0.2, 0) is 12.2 Å². The van der Waals surface area contributed by atoms with Crippen LogP contribution in [0, 0.1) is 0 Å². The second kappa shape index (κ2) is 9.82. The highest BCUT2D eigenvalue weighted by molar-refractivity contribution is 7.80. The van der Waals surface area contributed by atoms with E-state index >= 15 is 0 Å². The zero-order chi connectivity index (χ0) is 13.9. The molecular weight excluding hydrogens is 272 g/mol. The van der Waals surface area contributed by atoms with Crippen LogP contribution < -0.4 is 4.74 Å². The van der Waals surface area contributed by atoms with Gasteiger partial charge in [-0.2, -0.15) is 25.3 Å². The highest BCUT2D eigenvalue weighted by Gasteiger charge is 1.89. The molecule has 0 fully saturated rings. The van der Waals surface area contributed by atoms with Crippen molar-refractivity contribution in [2.45, 2.75) is 12.2 Å². The van der Waals surface area contributed by atoms with Gasteiger partial charge in [0, 0.05) is 5.75 Å². The highest BCUT2D eigenvalue weighted by Crippen LogP contribution is 2.11. The molecule has 0 aliphatic rings.